The molecule has 1 fully saturated rings. The number of hydrogen-bond acceptors (Lipinski definition) is 4. The number of aromatic nitrogens is 1. The number of thiocarbonyl (C=S) groups is 1. The predicted octanol–water partition coefficient (Wildman–Crippen LogP) is 0.750. The van der Waals surface area contributed by atoms with Gasteiger partial charge in [0.1, 0.15) is 10.8 Å². The minimum absolute atomic E-state index is 0.107. The molecule has 0 radical (unpaired) electrons. The van der Waals surface area contributed by atoms with E-state index in [-0.39, 0.29) is 12.5 Å². The summed E-state index contributed by atoms with van der Waals surface area (Å²) in [5.41, 5.74) is 6.29. The van der Waals surface area contributed by atoms with E-state index in [9.17, 15) is 4.79 Å². The van der Waals surface area contributed by atoms with Crippen molar-refractivity contribution in [3.63, 3.8) is 0 Å². The molecule has 0 unspecified atom stereocenters. The summed E-state index contributed by atoms with van der Waals surface area (Å²) in [5, 5.41) is 3.00. The van der Waals surface area contributed by atoms with Crippen LogP contribution in [0.25, 0.3) is 0 Å². The summed E-state index contributed by atoms with van der Waals surface area (Å²) in [6, 6.07) is 3.50. The first-order valence-corrected chi connectivity index (χ1v) is 6.35. The van der Waals surface area contributed by atoms with Crippen molar-refractivity contribution in [3.05, 3.63) is 23.9 Å². The number of likely N-dealkylation sites (tertiary alicyclic amines) is 1. The topological polar surface area (TPSA) is 71.2 Å². The highest BCUT2D eigenvalue weighted by Gasteiger charge is 2.17. The van der Waals surface area contributed by atoms with Gasteiger partial charge in [0, 0.05) is 24.8 Å². The molecule has 0 aliphatic carbocycles. The SMILES string of the molecule is NC(=S)c1ccnc(NCC(=O)N2CCCC2)c1. The minimum atomic E-state index is 0.107. The molecule has 6 heteroatoms. The van der Waals surface area contributed by atoms with Gasteiger partial charge in [0.25, 0.3) is 0 Å². The fraction of sp³-hybridized carbons (Fsp3) is 0.417. The van der Waals surface area contributed by atoms with E-state index in [0.29, 0.717) is 10.8 Å². The highest BCUT2D eigenvalue weighted by atomic mass is 32.1. The van der Waals surface area contributed by atoms with Crippen LogP contribution in [0.4, 0.5) is 5.82 Å². The Hall–Kier alpha value is -1.69. The number of rotatable bonds is 4. The van der Waals surface area contributed by atoms with Crippen LogP contribution in [-0.2, 0) is 4.79 Å². The molecule has 1 aliphatic rings. The molecule has 1 aromatic rings. The highest BCUT2D eigenvalue weighted by molar-refractivity contribution is 7.80. The molecule has 0 spiro atoms. The van der Waals surface area contributed by atoms with Crippen LogP contribution in [0.15, 0.2) is 18.3 Å². The Labute approximate surface area is 111 Å². The maximum absolute atomic E-state index is 11.8. The Balaban J connectivity index is 1.91. The Morgan fingerprint density at radius 1 is 1.50 bits per heavy atom. The molecule has 0 aromatic carbocycles. The van der Waals surface area contributed by atoms with Crippen molar-refractivity contribution in [2.45, 2.75) is 12.8 Å². The summed E-state index contributed by atoms with van der Waals surface area (Å²) in [4.78, 5) is 18.1. The number of pyridine rings is 1. The van der Waals surface area contributed by atoms with Gasteiger partial charge in [-0.1, -0.05) is 12.2 Å². The fourth-order valence-corrected chi connectivity index (χ4v) is 2.05. The quantitative estimate of drug-likeness (QED) is 0.785. The van der Waals surface area contributed by atoms with Crippen LogP contribution in [0, 0.1) is 0 Å². The average molecular weight is 264 g/mol. The summed E-state index contributed by atoms with van der Waals surface area (Å²) < 4.78 is 0. The third-order valence-electron chi connectivity index (χ3n) is 2.92. The summed E-state index contributed by atoms with van der Waals surface area (Å²) in [6.45, 7) is 1.98. The maximum Gasteiger partial charge on any atom is 0.241 e. The van der Waals surface area contributed by atoms with Gasteiger partial charge in [-0.25, -0.2) is 4.98 Å². The second-order valence-corrected chi connectivity index (χ2v) is 4.68. The number of hydrogen-bond donors (Lipinski definition) is 2. The number of nitrogens with one attached hydrogen (secondary N) is 1. The van der Waals surface area contributed by atoms with Crippen LogP contribution in [-0.4, -0.2) is 40.4 Å². The Kier molecular flexibility index (Phi) is 4.09. The number of nitrogens with two attached hydrogens (primary N) is 1. The monoisotopic (exact) mass is 264 g/mol. The molecule has 2 heterocycles. The van der Waals surface area contributed by atoms with E-state index < -0.39 is 0 Å². The summed E-state index contributed by atoms with van der Waals surface area (Å²) in [5.74, 6) is 0.725. The first-order chi connectivity index (χ1) is 8.66. The van der Waals surface area contributed by atoms with E-state index in [0.717, 1.165) is 31.5 Å². The molecule has 2 rings (SSSR count). The van der Waals surface area contributed by atoms with E-state index in [4.69, 9.17) is 18.0 Å². The zero-order valence-corrected chi connectivity index (χ0v) is 10.9. The molecule has 1 aliphatic heterocycles. The molecule has 18 heavy (non-hydrogen) atoms. The van der Waals surface area contributed by atoms with Crippen molar-refractivity contribution in [3.8, 4) is 0 Å². The van der Waals surface area contributed by atoms with Gasteiger partial charge in [-0.05, 0) is 25.0 Å². The number of carbonyl (C=O) groups is 1. The van der Waals surface area contributed by atoms with Crippen molar-refractivity contribution in [2.24, 2.45) is 5.73 Å². The minimum Gasteiger partial charge on any atom is -0.389 e. The predicted molar refractivity (Wildman–Crippen MR) is 74.4 cm³/mol. The van der Waals surface area contributed by atoms with Crippen LogP contribution >= 0.6 is 12.2 Å². The van der Waals surface area contributed by atoms with Gasteiger partial charge in [-0.15, -0.1) is 0 Å². The fourth-order valence-electron chi connectivity index (χ4n) is 1.92. The van der Waals surface area contributed by atoms with Gasteiger partial charge < -0.3 is 16.0 Å². The van der Waals surface area contributed by atoms with Gasteiger partial charge in [0.15, 0.2) is 0 Å². The first-order valence-electron chi connectivity index (χ1n) is 5.94. The van der Waals surface area contributed by atoms with Crippen molar-refractivity contribution >= 4 is 28.9 Å². The molecule has 3 N–H and O–H groups in total. The Morgan fingerprint density at radius 3 is 2.89 bits per heavy atom. The van der Waals surface area contributed by atoms with Crippen LogP contribution in [0.5, 0.6) is 0 Å². The molecule has 0 bridgehead atoms. The zero-order chi connectivity index (χ0) is 13.0. The summed E-state index contributed by atoms with van der Waals surface area (Å²) in [7, 11) is 0. The third-order valence-corrected chi connectivity index (χ3v) is 3.16. The summed E-state index contributed by atoms with van der Waals surface area (Å²) in [6.07, 6.45) is 3.82. The lowest BCUT2D eigenvalue weighted by Crippen LogP contribution is -2.33. The zero-order valence-electron chi connectivity index (χ0n) is 10.1. The van der Waals surface area contributed by atoms with Crippen LogP contribution in [0.2, 0.25) is 0 Å². The van der Waals surface area contributed by atoms with Gasteiger partial charge in [0.2, 0.25) is 5.91 Å². The highest BCUT2D eigenvalue weighted by Crippen LogP contribution is 2.09. The van der Waals surface area contributed by atoms with Crippen molar-refractivity contribution < 1.29 is 4.79 Å². The van der Waals surface area contributed by atoms with E-state index in [2.05, 4.69) is 10.3 Å². The van der Waals surface area contributed by atoms with Gasteiger partial charge in [-0.2, -0.15) is 0 Å². The first kappa shape index (κ1) is 12.8. The number of nitrogens with zero attached hydrogens (tertiary/aromatic N) is 2. The van der Waals surface area contributed by atoms with Crippen LogP contribution in [0.1, 0.15) is 18.4 Å². The standard InChI is InChI=1S/C12H16N4OS/c13-12(18)9-3-4-14-10(7-9)15-8-11(17)16-5-1-2-6-16/h3-4,7H,1-2,5-6,8H2,(H2,13,18)(H,14,15). The number of carbonyl (C=O) groups excluding carboxylic acids is 1. The van der Waals surface area contributed by atoms with E-state index in [1.165, 1.54) is 0 Å². The molecule has 1 amide bonds. The smallest absolute Gasteiger partial charge is 0.241 e. The van der Waals surface area contributed by atoms with Crippen LogP contribution < -0.4 is 11.1 Å². The third kappa shape index (κ3) is 3.16. The summed E-state index contributed by atoms with van der Waals surface area (Å²) >= 11 is 4.89. The Bertz CT molecular complexity index is 457. The second-order valence-electron chi connectivity index (χ2n) is 4.24. The lowest BCUT2D eigenvalue weighted by atomic mass is 10.2. The molecule has 0 saturated carbocycles. The largest absolute Gasteiger partial charge is 0.389 e. The molecule has 5 nitrogen and oxygen atoms in total. The van der Waals surface area contributed by atoms with Gasteiger partial charge in [-0.3, -0.25) is 4.79 Å². The Morgan fingerprint density at radius 2 is 2.22 bits per heavy atom. The van der Waals surface area contributed by atoms with Crippen molar-refractivity contribution in [2.75, 3.05) is 25.0 Å². The molecular weight excluding hydrogens is 248 g/mol. The molecular formula is C12H16N4OS. The molecule has 0 atom stereocenters. The molecule has 96 valence electrons. The number of anilines is 1. The van der Waals surface area contributed by atoms with E-state index >= 15 is 0 Å². The number of amides is 1. The van der Waals surface area contributed by atoms with Crippen molar-refractivity contribution in [1.82, 2.24) is 9.88 Å². The van der Waals surface area contributed by atoms with Gasteiger partial charge >= 0.3 is 0 Å². The van der Waals surface area contributed by atoms with Gasteiger partial charge in [0.05, 0.1) is 6.54 Å². The molecule has 1 aromatic heterocycles. The maximum atomic E-state index is 11.8. The van der Waals surface area contributed by atoms with Crippen molar-refractivity contribution in [1.29, 1.82) is 0 Å². The lowest BCUT2D eigenvalue weighted by Gasteiger charge is -2.15. The molecule has 1 saturated heterocycles. The second kappa shape index (κ2) is 5.77. The van der Waals surface area contributed by atoms with E-state index in [1.54, 1.807) is 18.3 Å². The normalized spacial score (nSPS) is 14.6. The van der Waals surface area contributed by atoms with Crippen LogP contribution in [0.3, 0.4) is 0 Å². The lowest BCUT2D eigenvalue weighted by molar-refractivity contribution is -0.128. The van der Waals surface area contributed by atoms with E-state index in [1.807, 2.05) is 4.90 Å². The average Bonchev–Trinajstić information content (AvgIpc) is 2.90.